The van der Waals surface area contributed by atoms with Crippen molar-refractivity contribution in [1.82, 2.24) is 0 Å². The molecule has 194 valence electrons. The van der Waals surface area contributed by atoms with Gasteiger partial charge in [0, 0.05) is 11.8 Å². The van der Waals surface area contributed by atoms with Crippen LogP contribution in [-0.4, -0.2) is 48.3 Å². The molecule has 2 fully saturated rings. The summed E-state index contributed by atoms with van der Waals surface area (Å²) in [6.45, 7) is 1.14. The van der Waals surface area contributed by atoms with Crippen molar-refractivity contribution in [2.45, 2.75) is 56.3 Å². The minimum Gasteiger partial charge on any atom is -1.00 e. The van der Waals surface area contributed by atoms with Crippen LogP contribution in [0.3, 0.4) is 0 Å². The maximum absolute atomic E-state index is 13.5. The second-order valence-electron chi connectivity index (χ2n) is 10.8. The number of aryl methyl sites for hydroxylation is 1. The highest BCUT2D eigenvalue weighted by atomic mass is 79.9. The molecule has 1 N–H and O–H groups in total. The number of rotatable bonds is 10. The number of nitrogens with zero attached hydrogens (tertiary/aromatic N) is 1. The first-order chi connectivity index (χ1) is 16.9. The molecule has 4 unspecified atom stereocenters. The average molecular weight is 591 g/mol. The number of ether oxygens (including phenoxy) is 1. The van der Waals surface area contributed by atoms with Gasteiger partial charge in [0.25, 0.3) is 0 Å². The Morgan fingerprint density at radius 1 is 1.00 bits per heavy atom. The quantitative estimate of drug-likeness (QED) is 0.225. The van der Waals surface area contributed by atoms with Gasteiger partial charge in [-0.15, -0.1) is 22.7 Å². The first-order valence-corrected chi connectivity index (χ1v) is 14.5. The summed E-state index contributed by atoms with van der Waals surface area (Å²) < 4.78 is 7.17. The van der Waals surface area contributed by atoms with Gasteiger partial charge < -0.3 is 31.3 Å². The molecule has 2 aliphatic rings. The van der Waals surface area contributed by atoms with Gasteiger partial charge in [-0.1, -0.05) is 42.5 Å². The van der Waals surface area contributed by atoms with E-state index in [-0.39, 0.29) is 23.1 Å². The van der Waals surface area contributed by atoms with E-state index < -0.39 is 11.6 Å². The fraction of sp³-hybridized carbons (Fsp3) is 0.483. The first kappa shape index (κ1) is 27.5. The van der Waals surface area contributed by atoms with Crippen LogP contribution in [0.25, 0.3) is 0 Å². The number of hydrogen-bond donors (Lipinski definition) is 1. The highest BCUT2D eigenvalue weighted by Crippen LogP contribution is 2.51. The third-order valence-corrected chi connectivity index (χ3v) is 10.2. The first-order valence-electron chi connectivity index (χ1n) is 12.8. The number of carbonyl (C=O) groups excluding carboxylic acids is 1. The van der Waals surface area contributed by atoms with E-state index in [9.17, 15) is 9.90 Å². The molecule has 0 amide bonds. The van der Waals surface area contributed by atoms with Crippen molar-refractivity contribution in [2.75, 3.05) is 20.6 Å². The van der Waals surface area contributed by atoms with E-state index in [1.165, 1.54) is 47.5 Å². The Hall–Kier alpha value is -1.51. The fourth-order valence-corrected chi connectivity index (χ4v) is 8.33. The summed E-state index contributed by atoms with van der Waals surface area (Å²) >= 11 is 2.79. The summed E-state index contributed by atoms with van der Waals surface area (Å²) in [6.07, 6.45) is 6.64. The van der Waals surface area contributed by atoms with E-state index in [1.54, 1.807) is 0 Å². The van der Waals surface area contributed by atoms with Crippen LogP contribution in [-0.2, 0) is 21.6 Å². The van der Waals surface area contributed by atoms with Crippen molar-refractivity contribution in [3.8, 4) is 0 Å². The molecule has 2 heterocycles. The summed E-state index contributed by atoms with van der Waals surface area (Å²) in [5.41, 5.74) is -0.309. The Balaban J connectivity index is 0.00000304. The molecular weight excluding hydrogens is 554 g/mol. The third-order valence-electron chi connectivity index (χ3n) is 8.21. The Bertz CT molecular complexity index is 1070. The molecule has 36 heavy (non-hydrogen) atoms. The van der Waals surface area contributed by atoms with Crippen LogP contribution in [0.2, 0.25) is 0 Å². The van der Waals surface area contributed by atoms with E-state index in [2.05, 4.69) is 44.4 Å². The Morgan fingerprint density at radius 3 is 2.28 bits per heavy atom. The predicted octanol–water partition coefficient (Wildman–Crippen LogP) is 2.86. The molecule has 4 atom stereocenters. The molecule has 0 radical (unpaired) electrons. The SMILES string of the molecule is C[N+](C)(CCCCc1ccccc1)C1C2CCC1C(OC(=O)C(O)(c1cccs1)c1cccs1)C2.[Br-]. The molecule has 5 rings (SSSR count). The number of aliphatic hydroxyl groups is 1. The zero-order valence-electron chi connectivity index (χ0n) is 21.0. The molecule has 2 aromatic heterocycles. The monoisotopic (exact) mass is 589 g/mol. The topological polar surface area (TPSA) is 46.5 Å². The zero-order chi connectivity index (χ0) is 24.5. The molecule has 0 saturated heterocycles. The van der Waals surface area contributed by atoms with Crippen LogP contribution in [0.5, 0.6) is 0 Å². The van der Waals surface area contributed by atoms with E-state index in [0.29, 0.717) is 27.6 Å². The lowest BCUT2D eigenvalue weighted by atomic mass is 9.96. The van der Waals surface area contributed by atoms with Crippen molar-refractivity contribution in [1.29, 1.82) is 0 Å². The van der Waals surface area contributed by atoms with Gasteiger partial charge in [-0.05, 0) is 67.0 Å². The number of quaternary nitrogens is 1. The van der Waals surface area contributed by atoms with Gasteiger partial charge >= 0.3 is 5.97 Å². The van der Waals surface area contributed by atoms with E-state index in [1.807, 2.05) is 35.0 Å². The number of fused-ring (bicyclic) bond motifs is 2. The van der Waals surface area contributed by atoms with Gasteiger partial charge in [0.05, 0.1) is 36.4 Å². The Kier molecular flexibility index (Phi) is 8.78. The molecule has 2 aliphatic carbocycles. The third kappa shape index (κ3) is 5.37. The van der Waals surface area contributed by atoms with Gasteiger partial charge in [0.1, 0.15) is 6.10 Å². The molecule has 2 bridgehead atoms. The van der Waals surface area contributed by atoms with Crippen molar-refractivity contribution in [3.63, 3.8) is 0 Å². The molecule has 2 saturated carbocycles. The molecule has 3 aromatic rings. The predicted molar refractivity (Wildman–Crippen MR) is 142 cm³/mol. The maximum atomic E-state index is 13.5. The fourth-order valence-electron chi connectivity index (χ4n) is 6.61. The lowest BCUT2D eigenvalue weighted by Gasteiger charge is -2.39. The summed E-state index contributed by atoms with van der Waals surface area (Å²) in [5.74, 6) is 0.425. The Labute approximate surface area is 233 Å². The lowest BCUT2D eigenvalue weighted by Crippen LogP contribution is -3.00. The summed E-state index contributed by atoms with van der Waals surface area (Å²) in [5, 5.41) is 15.4. The molecule has 0 spiro atoms. The normalized spacial score (nSPS) is 23.4. The smallest absolute Gasteiger partial charge is 0.349 e. The second-order valence-corrected chi connectivity index (χ2v) is 12.7. The summed E-state index contributed by atoms with van der Waals surface area (Å²) in [7, 11) is 4.71. The minimum absolute atomic E-state index is 0. The molecule has 1 aromatic carbocycles. The maximum Gasteiger partial charge on any atom is 0.349 e. The Morgan fingerprint density at radius 2 is 1.67 bits per heavy atom. The van der Waals surface area contributed by atoms with Gasteiger partial charge in [-0.25, -0.2) is 4.79 Å². The second kappa shape index (κ2) is 11.5. The van der Waals surface area contributed by atoms with Gasteiger partial charge in [0.15, 0.2) is 0 Å². The average Bonchev–Trinajstić information content (AvgIpc) is 3.66. The minimum atomic E-state index is -1.72. The number of carbonyl (C=O) groups is 1. The van der Waals surface area contributed by atoms with Crippen molar-refractivity contribution < 1.29 is 36.1 Å². The highest BCUT2D eigenvalue weighted by molar-refractivity contribution is 7.12. The van der Waals surface area contributed by atoms with Crippen molar-refractivity contribution in [3.05, 3.63) is 80.7 Å². The van der Waals surface area contributed by atoms with Crippen LogP contribution in [0, 0.1) is 11.8 Å². The van der Waals surface area contributed by atoms with Crippen LogP contribution in [0.15, 0.2) is 65.4 Å². The van der Waals surface area contributed by atoms with Crippen LogP contribution < -0.4 is 17.0 Å². The van der Waals surface area contributed by atoms with Gasteiger partial charge in [-0.3, -0.25) is 0 Å². The molecule has 4 nitrogen and oxygen atoms in total. The van der Waals surface area contributed by atoms with Crippen molar-refractivity contribution >= 4 is 28.6 Å². The lowest BCUT2D eigenvalue weighted by molar-refractivity contribution is -0.919. The number of esters is 1. The van der Waals surface area contributed by atoms with E-state index >= 15 is 0 Å². The number of unbranched alkanes of at least 4 members (excludes halogenated alkanes) is 1. The van der Waals surface area contributed by atoms with Crippen LogP contribution >= 0.6 is 22.7 Å². The number of hydrogen-bond acceptors (Lipinski definition) is 5. The standard InChI is InChI=1S/C29H36NO3S2.BrH/c1-30(2,17-7-6-12-21-10-4-3-5-11-21)27-22-15-16-23(27)24(20-22)33-28(31)29(32,25-13-8-18-34-25)26-14-9-19-35-26;/h3-5,8-11,13-14,18-19,22-24,27,32H,6-7,12,15-17,20H2,1-2H3;1H/q+1;/p-1. The van der Waals surface area contributed by atoms with Gasteiger partial charge in [0.2, 0.25) is 5.60 Å². The number of thiophene rings is 2. The summed E-state index contributed by atoms with van der Waals surface area (Å²) in [4.78, 5) is 14.8. The van der Waals surface area contributed by atoms with E-state index in [4.69, 9.17) is 4.74 Å². The molecule has 7 heteroatoms. The molecular formula is C29H36BrNO3S2. The highest BCUT2D eigenvalue weighted by Gasteiger charge is 2.58. The number of benzene rings is 1. The molecule has 0 aliphatic heterocycles. The zero-order valence-corrected chi connectivity index (χ0v) is 24.2. The van der Waals surface area contributed by atoms with Crippen LogP contribution in [0.1, 0.15) is 47.4 Å². The van der Waals surface area contributed by atoms with Crippen molar-refractivity contribution in [2.24, 2.45) is 11.8 Å². The van der Waals surface area contributed by atoms with E-state index in [0.717, 1.165) is 30.3 Å². The van der Waals surface area contributed by atoms with Gasteiger partial charge in [-0.2, -0.15) is 0 Å². The largest absolute Gasteiger partial charge is 1.00 e. The summed E-state index contributed by atoms with van der Waals surface area (Å²) in [6, 6.07) is 18.6. The number of halogens is 1. The van der Waals surface area contributed by atoms with Crippen LogP contribution in [0.4, 0.5) is 0 Å².